The Morgan fingerprint density at radius 2 is 1.76 bits per heavy atom. The van der Waals surface area contributed by atoms with Crippen molar-refractivity contribution in [1.82, 2.24) is 4.90 Å². The molecule has 1 heterocycles. The molecular formula is C19H23NO5. The lowest BCUT2D eigenvalue weighted by molar-refractivity contribution is 0.107. The number of rotatable bonds is 5. The monoisotopic (exact) mass is 345 g/mol. The van der Waals surface area contributed by atoms with Crippen LogP contribution in [0.1, 0.15) is 22.7 Å². The molecule has 0 bridgehead atoms. The third-order valence-corrected chi connectivity index (χ3v) is 4.71. The summed E-state index contributed by atoms with van der Waals surface area (Å²) in [5.74, 6) is 1.05. The Balaban J connectivity index is 1.86. The van der Waals surface area contributed by atoms with Crippen LogP contribution in [0, 0.1) is 0 Å². The van der Waals surface area contributed by atoms with Gasteiger partial charge in [-0.25, -0.2) is 0 Å². The molecular weight excluding hydrogens is 322 g/mol. The van der Waals surface area contributed by atoms with E-state index < -0.39 is 0 Å². The molecule has 0 radical (unpaired) electrons. The van der Waals surface area contributed by atoms with Crippen LogP contribution in [0.4, 0.5) is 0 Å². The molecule has 0 saturated carbocycles. The van der Waals surface area contributed by atoms with Crippen molar-refractivity contribution in [2.24, 2.45) is 0 Å². The Morgan fingerprint density at radius 1 is 1.04 bits per heavy atom. The summed E-state index contributed by atoms with van der Waals surface area (Å²) in [5, 5.41) is 30.0. The third kappa shape index (κ3) is 3.36. The molecule has 0 saturated heterocycles. The van der Waals surface area contributed by atoms with Crippen molar-refractivity contribution in [3.05, 3.63) is 47.0 Å². The van der Waals surface area contributed by atoms with Gasteiger partial charge in [-0.1, -0.05) is 6.07 Å². The maximum absolute atomic E-state index is 10.1. The van der Waals surface area contributed by atoms with Crippen molar-refractivity contribution >= 4 is 0 Å². The maximum Gasteiger partial charge on any atom is 0.160 e. The van der Waals surface area contributed by atoms with Gasteiger partial charge in [0.05, 0.1) is 26.9 Å². The average molecular weight is 345 g/mol. The lowest BCUT2D eigenvalue weighted by Crippen LogP contribution is -2.36. The summed E-state index contributed by atoms with van der Waals surface area (Å²) in [4.78, 5) is 2.13. The lowest BCUT2D eigenvalue weighted by atomic mass is 9.91. The first kappa shape index (κ1) is 17.4. The normalized spacial score (nSPS) is 17.2. The van der Waals surface area contributed by atoms with Gasteiger partial charge in [0.15, 0.2) is 23.0 Å². The number of aromatic hydroxyl groups is 2. The van der Waals surface area contributed by atoms with Crippen LogP contribution in [0.15, 0.2) is 30.3 Å². The fraction of sp³-hybridized carbons (Fsp3) is 0.368. The average Bonchev–Trinajstić information content (AvgIpc) is 2.61. The minimum Gasteiger partial charge on any atom is -0.504 e. The summed E-state index contributed by atoms with van der Waals surface area (Å²) in [6, 6.07) is 8.59. The lowest BCUT2D eigenvalue weighted by Gasteiger charge is -2.36. The van der Waals surface area contributed by atoms with E-state index in [0.717, 1.165) is 29.7 Å². The van der Waals surface area contributed by atoms with Gasteiger partial charge in [-0.3, -0.25) is 4.90 Å². The number of hydrogen-bond acceptors (Lipinski definition) is 6. The van der Waals surface area contributed by atoms with Crippen molar-refractivity contribution in [1.29, 1.82) is 0 Å². The molecule has 0 spiro atoms. The van der Waals surface area contributed by atoms with E-state index in [4.69, 9.17) is 9.47 Å². The van der Waals surface area contributed by atoms with Gasteiger partial charge in [0, 0.05) is 13.1 Å². The van der Waals surface area contributed by atoms with Gasteiger partial charge in [0.1, 0.15) is 0 Å². The van der Waals surface area contributed by atoms with Crippen LogP contribution in [0.25, 0.3) is 0 Å². The molecule has 0 amide bonds. The molecule has 6 heteroatoms. The fourth-order valence-corrected chi connectivity index (χ4v) is 3.40. The minimum absolute atomic E-state index is 0.0547. The summed E-state index contributed by atoms with van der Waals surface area (Å²) in [7, 11) is 3.04. The molecule has 1 aliphatic rings. The summed E-state index contributed by atoms with van der Waals surface area (Å²) in [6.07, 6.45) is 0.796. The smallest absolute Gasteiger partial charge is 0.160 e. The van der Waals surface area contributed by atoms with Crippen LogP contribution in [0.3, 0.4) is 0 Å². The van der Waals surface area contributed by atoms with E-state index in [1.807, 2.05) is 12.1 Å². The number of aliphatic hydroxyl groups is 1. The van der Waals surface area contributed by atoms with E-state index in [2.05, 4.69) is 4.90 Å². The van der Waals surface area contributed by atoms with Crippen LogP contribution in [-0.4, -0.2) is 47.6 Å². The van der Waals surface area contributed by atoms with E-state index in [0.29, 0.717) is 18.0 Å². The van der Waals surface area contributed by atoms with E-state index >= 15 is 0 Å². The Hall–Kier alpha value is -2.44. The predicted octanol–water partition coefficient (Wildman–Crippen LogP) is 2.21. The van der Waals surface area contributed by atoms with Gasteiger partial charge in [0.2, 0.25) is 0 Å². The Morgan fingerprint density at radius 3 is 2.40 bits per heavy atom. The topological polar surface area (TPSA) is 82.4 Å². The van der Waals surface area contributed by atoms with Crippen LogP contribution in [0.5, 0.6) is 23.0 Å². The maximum atomic E-state index is 10.1. The molecule has 3 rings (SSSR count). The van der Waals surface area contributed by atoms with Crippen LogP contribution in [0.2, 0.25) is 0 Å². The Labute approximate surface area is 146 Å². The number of ether oxygens (including phenoxy) is 2. The van der Waals surface area contributed by atoms with Gasteiger partial charge in [-0.15, -0.1) is 0 Å². The van der Waals surface area contributed by atoms with Crippen molar-refractivity contribution in [3.8, 4) is 23.0 Å². The molecule has 2 aromatic carbocycles. The predicted molar refractivity (Wildman–Crippen MR) is 93.3 cm³/mol. The van der Waals surface area contributed by atoms with Gasteiger partial charge in [-0.05, 0) is 47.4 Å². The van der Waals surface area contributed by atoms with Crippen molar-refractivity contribution in [2.75, 3.05) is 27.4 Å². The number of benzene rings is 2. The van der Waals surface area contributed by atoms with E-state index in [1.165, 1.54) is 14.2 Å². The van der Waals surface area contributed by atoms with E-state index in [-0.39, 0.29) is 24.1 Å². The van der Waals surface area contributed by atoms with Crippen molar-refractivity contribution in [2.45, 2.75) is 19.0 Å². The number of hydrogen-bond donors (Lipinski definition) is 3. The van der Waals surface area contributed by atoms with E-state index in [9.17, 15) is 15.3 Å². The molecule has 0 aromatic heterocycles. The van der Waals surface area contributed by atoms with Crippen molar-refractivity contribution < 1.29 is 24.8 Å². The summed E-state index contributed by atoms with van der Waals surface area (Å²) < 4.78 is 10.2. The van der Waals surface area contributed by atoms with Gasteiger partial charge < -0.3 is 24.8 Å². The van der Waals surface area contributed by atoms with Gasteiger partial charge >= 0.3 is 0 Å². The number of fused-ring (bicyclic) bond motifs is 1. The second-order valence-electron chi connectivity index (χ2n) is 6.15. The standard InChI is InChI=1S/C19H23NO5/c1-24-18-4-3-12(7-16(18)22)10-20-6-5-13-8-19(25-2)17(23)9-14(13)15(20)11-21/h3-4,7-9,15,21-23H,5-6,10-11H2,1-2H3. The highest BCUT2D eigenvalue weighted by Gasteiger charge is 2.28. The number of nitrogens with zero attached hydrogens (tertiary/aromatic N) is 1. The summed E-state index contributed by atoms with van der Waals surface area (Å²) >= 11 is 0. The van der Waals surface area contributed by atoms with Crippen LogP contribution < -0.4 is 9.47 Å². The zero-order chi connectivity index (χ0) is 18.0. The molecule has 3 N–H and O–H groups in total. The van der Waals surface area contributed by atoms with Gasteiger partial charge in [0.25, 0.3) is 0 Å². The quantitative estimate of drug-likeness (QED) is 0.771. The molecule has 0 aliphatic carbocycles. The van der Waals surface area contributed by atoms with E-state index in [1.54, 1.807) is 18.2 Å². The molecule has 2 aromatic rings. The number of phenols is 2. The largest absolute Gasteiger partial charge is 0.504 e. The molecule has 1 aliphatic heterocycles. The Bertz CT molecular complexity index is 762. The SMILES string of the molecule is COc1ccc(CN2CCc3cc(OC)c(O)cc3C2CO)cc1O. The summed E-state index contributed by atoms with van der Waals surface area (Å²) in [6.45, 7) is 1.29. The number of aliphatic hydroxyl groups excluding tert-OH is 1. The molecule has 1 atom stereocenters. The minimum atomic E-state index is -0.218. The highest BCUT2D eigenvalue weighted by molar-refractivity contribution is 5.49. The molecule has 0 fully saturated rings. The van der Waals surface area contributed by atoms with Crippen molar-refractivity contribution in [3.63, 3.8) is 0 Å². The fourth-order valence-electron chi connectivity index (χ4n) is 3.40. The highest BCUT2D eigenvalue weighted by Crippen LogP contribution is 2.38. The molecule has 134 valence electrons. The Kier molecular flexibility index (Phi) is 5.01. The zero-order valence-electron chi connectivity index (χ0n) is 14.4. The van der Waals surface area contributed by atoms with Crippen LogP contribution >= 0.6 is 0 Å². The third-order valence-electron chi connectivity index (χ3n) is 4.71. The number of methoxy groups -OCH3 is 2. The second-order valence-corrected chi connectivity index (χ2v) is 6.15. The molecule has 25 heavy (non-hydrogen) atoms. The first-order valence-corrected chi connectivity index (χ1v) is 8.18. The van der Waals surface area contributed by atoms with Gasteiger partial charge in [-0.2, -0.15) is 0 Å². The summed E-state index contributed by atoms with van der Waals surface area (Å²) in [5.41, 5.74) is 2.91. The van der Waals surface area contributed by atoms with Crippen LogP contribution in [-0.2, 0) is 13.0 Å². The first-order chi connectivity index (χ1) is 12.1. The first-order valence-electron chi connectivity index (χ1n) is 8.18. The zero-order valence-corrected chi connectivity index (χ0v) is 14.4. The number of phenolic OH excluding ortho intramolecular Hbond substituents is 2. The molecule has 1 unspecified atom stereocenters. The molecule has 6 nitrogen and oxygen atoms in total. The second kappa shape index (κ2) is 7.21. The highest BCUT2D eigenvalue weighted by atomic mass is 16.5.